The lowest BCUT2D eigenvalue weighted by Crippen LogP contribution is -1.96. The van der Waals surface area contributed by atoms with E-state index in [1.54, 1.807) is 0 Å². The highest BCUT2D eigenvalue weighted by Crippen LogP contribution is 2.31. The minimum atomic E-state index is -0.567. The van der Waals surface area contributed by atoms with Crippen LogP contribution in [-0.4, -0.2) is 9.97 Å². The molecule has 4 nitrogen and oxygen atoms in total. The maximum atomic E-state index is 13.2. The predicted octanol–water partition coefficient (Wildman–Crippen LogP) is 3.41. The van der Waals surface area contributed by atoms with Crippen LogP contribution in [0.2, 0.25) is 5.02 Å². The average Bonchev–Trinajstić information content (AvgIpc) is 2.30. The fourth-order valence-corrected chi connectivity index (χ4v) is 1.49. The molecule has 2 rings (SSSR count). The van der Waals surface area contributed by atoms with E-state index in [9.17, 15) is 4.39 Å². The van der Waals surface area contributed by atoms with Gasteiger partial charge in [0, 0.05) is 6.07 Å². The van der Waals surface area contributed by atoms with Gasteiger partial charge < -0.3 is 10.5 Å². The first-order valence-electron chi connectivity index (χ1n) is 4.47. The van der Waals surface area contributed by atoms with E-state index in [1.165, 1.54) is 18.5 Å². The molecule has 1 aromatic carbocycles. The second kappa shape index (κ2) is 4.85. The zero-order valence-electron chi connectivity index (χ0n) is 8.32. The van der Waals surface area contributed by atoms with Gasteiger partial charge in [-0.2, -0.15) is 0 Å². The highest BCUT2D eigenvalue weighted by atomic mass is 79.9. The Kier molecular flexibility index (Phi) is 3.44. The molecule has 0 radical (unpaired) electrons. The molecular formula is C10H6BrClFN3O. The van der Waals surface area contributed by atoms with E-state index in [0.29, 0.717) is 4.47 Å². The van der Waals surface area contributed by atoms with Crippen LogP contribution in [0.15, 0.2) is 29.0 Å². The SMILES string of the molecule is Nc1ncnc(Oc2ccc(Cl)c(F)c2)c1Br. The van der Waals surface area contributed by atoms with E-state index >= 15 is 0 Å². The Morgan fingerprint density at radius 1 is 1.35 bits per heavy atom. The molecule has 0 amide bonds. The molecule has 0 atom stereocenters. The molecule has 0 saturated heterocycles. The summed E-state index contributed by atoms with van der Waals surface area (Å²) in [5.74, 6) is 0.150. The number of hydrogen-bond donors (Lipinski definition) is 1. The number of anilines is 1. The fourth-order valence-electron chi connectivity index (χ4n) is 1.09. The Labute approximate surface area is 110 Å². The zero-order valence-corrected chi connectivity index (χ0v) is 10.7. The average molecular weight is 319 g/mol. The van der Waals surface area contributed by atoms with Crippen LogP contribution in [0.3, 0.4) is 0 Å². The molecule has 1 aromatic heterocycles. The molecule has 0 spiro atoms. The van der Waals surface area contributed by atoms with Crippen LogP contribution in [0.25, 0.3) is 0 Å². The lowest BCUT2D eigenvalue weighted by Gasteiger charge is -2.07. The number of rotatable bonds is 2. The van der Waals surface area contributed by atoms with E-state index in [-0.39, 0.29) is 22.5 Å². The van der Waals surface area contributed by atoms with Gasteiger partial charge in [0.1, 0.15) is 28.2 Å². The monoisotopic (exact) mass is 317 g/mol. The van der Waals surface area contributed by atoms with Crippen molar-refractivity contribution in [1.82, 2.24) is 9.97 Å². The molecule has 0 saturated carbocycles. The summed E-state index contributed by atoms with van der Waals surface area (Å²) in [6, 6.07) is 4.08. The third-order valence-corrected chi connectivity index (χ3v) is 2.94. The molecular weight excluding hydrogens is 312 g/mol. The molecule has 1 heterocycles. The summed E-state index contributed by atoms with van der Waals surface area (Å²) < 4.78 is 18.9. The van der Waals surface area contributed by atoms with E-state index in [4.69, 9.17) is 22.1 Å². The number of nitrogens with two attached hydrogens (primary N) is 1. The Hall–Kier alpha value is -1.40. The minimum Gasteiger partial charge on any atom is -0.438 e. The van der Waals surface area contributed by atoms with Crippen molar-refractivity contribution in [1.29, 1.82) is 0 Å². The maximum absolute atomic E-state index is 13.2. The number of ether oxygens (including phenoxy) is 1. The number of benzene rings is 1. The number of hydrogen-bond acceptors (Lipinski definition) is 4. The summed E-state index contributed by atoms with van der Waals surface area (Å²) in [4.78, 5) is 7.63. The number of aromatic nitrogens is 2. The first kappa shape index (κ1) is 12.1. The normalized spacial score (nSPS) is 10.3. The van der Waals surface area contributed by atoms with Crippen LogP contribution in [-0.2, 0) is 0 Å². The van der Waals surface area contributed by atoms with Gasteiger partial charge in [-0.25, -0.2) is 14.4 Å². The highest BCUT2D eigenvalue weighted by Gasteiger charge is 2.09. The van der Waals surface area contributed by atoms with Gasteiger partial charge in [0.2, 0.25) is 5.88 Å². The van der Waals surface area contributed by atoms with Gasteiger partial charge in [-0.05, 0) is 28.1 Å². The van der Waals surface area contributed by atoms with E-state index in [1.807, 2.05) is 0 Å². The summed E-state index contributed by atoms with van der Waals surface area (Å²) in [5.41, 5.74) is 5.56. The van der Waals surface area contributed by atoms with Crippen molar-refractivity contribution in [3.05, 3.63) is 39.8 Å². The maximum Gasteiger partial charge on any atom is 0.238 e. The summed E-state index contributed by atoms with van der Waals surface area (Å²) in [5, 5.41) is 0.0265. The standard InChI is InChI=1S/C10H6BrClFN3O/c11-8-9(14)15-4-16-10(8)17-5-1-2-6(12)7(13)3-5/h1-4H,(H2,14,15,16). The highest BCUT2D eigenvalue weighted by molar-refractivity contribution is 9.10. The van der Waals surface area contributed by atoms with Crippen molar-refractivity contribution < 1.29 is 9.13 Å². The molecule has 0 fully saturated rings. The zero-order chi connectivity index (χ0) is 12.4. The molecule has 0 aliphatic heterocycles. The second-order valence-corrected chi connectivity index (χ2v) is 4.26. The number of halogens is 3. The van der Waals surface area contributed by atoms with Gasteiger partial charge in [0.05, 0.1) is 5.02 Å². The second-order valence-electron chi connectivity index (χ2n) is 3.06. The molecule has 0 aliphatic rings. The molecule has 2 N–H and O–H groups in total. The summed E-state index contributed by atoms with van der Waals surface area (Å²) in [6.45, 7) is 0. The topological polar surface area (TPSA) is 61.0 Å². The predicted molar refractivity (Wildman–Crippen MR) is 65.6 cm³/mol. The summed E-state index contributed by atoms with van der Waals surface area (Å²) >= 11 is 8.73. The molecule has 0 aliphatic carbocycles. The Morgan fingerprint density at radius 3 is 2.82 bits per heavy atom. The van der Waals surface area contributed by atoms with Gasteiger partial charge in [-0.3, -0.25) is 0 Å². The van der Waals surface area contributed by atoms with Crippen molar-refractivity contribution in [2.24, 2.45) is 0 Å². The molecule has 7 heteroatoms. The third-order valence-electron chi connectivity index (χ3n) is 1.89. The van der Waals surface area contributed by atoms with Crippen LogP contribution in [0.1, 0.15) is 0 Å². The quantitative estimate of drug-likeness (QED) is 0.922. The van der Waals surface area contributed by atoms with Crippen LogP contribution in [0, 0.1) is 5.82 Å². The first-order chi connectivity index (χ1) is 8.08. The van der Waals surface area contributed by atoms with Gasteiger partial charge in [0.15, 0.2) is 0 Å². The van der Waals surface area contributed by atoms with E-state index in [2.05, 4.69) is 25.9 Å². The van der Waals surface area contributed by atoms with E-state index < -0.39 is 5.82 Å². The number of nitrogens with zero attached hydrogens (tertiary/aromatic N) is 2. The third kappa shape index (κ3) is 2.65. The molecule has 88 valence electrons. The Morgan fingerprint density at radius 2 is 2.12 bits per heavy atom. The Bertz CT molecular complexity index is 567. The molecule has 17 heavy (non-hydrogen) atoms. The van der Waals surface area contributed by atoms with Crippen LogP contribution in [0.4, 0.5) is 10.2 Å². The van der Waals surface area contributed by atoms with Gasteiger partial charge in [-0.1, -0.05) is 11.6 Å². The van der Waals surface area contributed by atoms with Crippen LogP contribution >= 0.6 is 27.5 Å². The van der Waals surface area contributed by atoms with Crippen molar-refractivity contribution >= 4 is 33.3 Å². The minimum absolute atomic E-state index is 0.0265. The smallest absolute Gasteiger partial charge is 0.238 e. The molecule has 0 bridgehead atoms. The molecule has 2 aromatic rings. The van der Waals surface area contributed by atoms with Crippen LogP contribution in [0.5, 0.6) is 11.6 Å². The number of nitrogen functional groups attached to an aromatic ring is 1. The van der Waals surface area contributed by atoms with E-state index in [0.717, 1.165) is 6.07 Å². The van der Waals surface area contributed by atoms with Gasteiger partial charge in [0.25, 0.3) is 0 Å². The van der Waals surface area contributed by atoms with Gasteiger partial charge >= 0.3 is 0 Å². The first-order valence-corrected chi connectivity index (χ1v) is 5.64. The summed E-state index contributed by atoms with van der Waals surface area (Å²) in [7, 11) is 0. The Balaban J connectivity index is 2.31. The lowest BCUT2D eigenvalue weighted by molar-refractivity contribution is 0.454. The largest absolute Gasteiger partial charge is 0.438 e. The van der Waals surface area contributed by atoms with Crippen molar-refractivity contribution in [3.63, 3.8) is 0 Å². The van der Waals surface area contributed by atoms with Gasteiger partial charge in [-0.15, -0.1) is 0 Å². The van der Waals surface area contributed by atoms with Crippen molar-refractivity contribution in [2.45, 2.75) is 0 Å². The summed E-state index contributed by atoms with van der Waals surface area (Å²) in [6.07, 6.45) is 1.25. The van der Waals surface area contributed by atoms with Crippen LogP contribution < -0.4 is 10.5 Å². The van der Waals surface area contributed by atoms with Crippen molar-refractivity contribution in [3.8, 4) is 11.6 Å². The fraction of sp³-hybridized carbons (Fsp3) is 0. The molecule has 0 unspecified atom stereocenters. The lowest BCUT2D eigenvalue weighted by atomic mass is 10.3. The van der Waals surface area contributed by atoms with Crippen molar-refractivity contribution in [2.75, 3.05) is 5.73 Å².